The first-order valence-electron chi connectivity index (χ1n) is 9.36. The number of pyridine rings is 1. The molecule has 1 saturated heterocycles. The normalized spacial score (nSPS) is 24.0. The van der Waals surface area contributed by atoms with Crippen molar-refractivity contribution in [3.8, 4) is 0 Å². The Labute approximate surface area is 150 Å². The lowest BCUT2D eigenvalue weighted by Gasteiger charge is -2.51. The van der Waals surface area contributed by atoms with Gasteiger partial charge in [-0.1, -0.05) is 25.3 Å². The first-order chi connectivity index (χ1) is 12.0. The molecule has 0 amide bonds. The van der Waals surface area contributed by atoms with Gasteiger partial charge in [-0.15, -0.1) is 0 Å². The van der Waals surface area contributed by atoms with E-state index in [1.54, 1.807) is 6.20 Å². The average Bonchev–Trinajstić information content (AvgIpc) is 2.61. The van der Waals surface area contributed by atoms with Gasteiger partial charge in [0.1, 0.15) is 5.82 Å². The zero-order valence-electron chi connectivity index (χ0n) is 15.5. The number of rotatable bonds is 4. The predicted molar refractivity (Wildman–Crippen MR) is 102 cm³/mol. The van der Waals surface area contributed by atoms with Crippen molar-refractivity contribution in [1.82, 2.24) is 9.88 Å². The number of ether oxygens (including phenoxy) is 1. The number of morpholine rings is 1. The number of anilines is 1. The van der Waals surface area contributed by atoms with Gasteiger partial charge in [-0.3, -0.25) is 9.89 Å². The third-order valence-corrected chi connectivity index (χ3v) is 5.35. The summed E-state index contributed by atoms with van der Waals surface area (Å²) >= 11 is 0. The van der Waals surface area contributed by atoms with Crippen LogP contribution in [0.1, 0.15) is 46.0 Å². The molecule has 1 aromatic rings. The molecule has 138 valence electrons. The summed E-state index contributed by atoms with van der Waals surface area (Å²) < 4.78 is 5.91. The first kappa shape index (κ1) is 18.1. The third-order valence-electron chi connectivity index (χ3n) is 5.35. The number of aromatic nitrogens is 1. The van der Waals surface area contributed by atoms with Crippen molar-refractivity contribution in [1.29, 1.82) is 0 Å². The van der Waals surface area contributed by atoms with Crippen molar-refractivity contribution in [2.24, 2.45) is 10.7 Å². The lowest BCUT2D eigenvalue weighted by Crippen LogP contribution is -2.60. The van der Waals surface area contributed by atoms with Crippen LogP contribution in [0, 0.1) is 0 Å². The van der Waals surface area contributed by atoms with Crippen molar-refractivity contribution in [2.75, 3.05) is 31.6 Å². The van der Waals surface area contributed by atoms with Crippen LogP contribution in [0.25, 0.3) is 0 Å². The molecular formula is C19H31N5O. The molecular weight excluding hydrogens is 314 g/mol. The van der Waals surface area contributed by atoms with E-state index in [1.807, 2.05) is 18.2 Å². The van der Waals surface area contributed by atoms with E-state index in [9.17, 15) is 0 Å². The minimum atomic E-state index is -0.0931. The number of hydrogen-bond donors (Lipinski definition) is 2. The molecule has 0 aromatic carbocycles. The zero-order valence-corrected chi connectivity index (χ0v) is 15.5. The molecule has 1 aliphatic carbocycles. The average molecular weight is 345 g/mol. The van der Waals surface area contributed by atoms with Gasteiger partial charge in [0.05, 0.1) is 18.8 Å². The second kappa shape index (κ2) is 7.70. The Hall–Kier alpha value is -1.66. The summed E-state index contributed by atoms with van der Waals surface area (Å²) in [7, 11) is 0. The van der Waals surface area contributed by atoms with Gasteiger partial charge >= 0.3 is 0 Å². The molecule has 0 atom stereocenters. The first-order valence-corrected chi connectivity index (χ1v) is 9.36. The van der Waals surface area contributed by atoms with E-state index in [4.69, 9.17) is 15.5 Å². The van der Waals surface area contributed by atoms with Crippen LogP contribution in [0.5, 0.6) is 0 Å². The Kier molecular flexibility index (Phi) is 5.59. The van der Waals surface area contributed by atoms with Crippen molar-refractivity contribution in [3.05, 3.63) is 24.4 Å². The predicted octanol–water partition coefficient (Wildman–Crippen LogP) is 2.62. The highest BCUT2D eigenvalue weighted by Crippen LogP contribution is 2.36. The molecule has 0 unspecified atom stereocenters. The van der Waals surface area contributed by atoms with Crippen LogP contribution in [0.4, 0.5) is 5.82 Å². The highest BCUT2D eigenvalue weighted by Gasteiger charge is 2.42. The number of nitrogens with two attached hydrogens (primary N) is 1. The van der Waals surface area contributed by atoms with Gasteiger partial charge in [0, 0.05) is 24.8 Å². The Morgan fingerprint density at radius 2 is 2.12 bits per heavy atom. The SMILES string of the molecule is CC1(C)CN(C2(CN=C(N)Nc3ccccn3)CCCCC2)CCO1. The molecule has 6 heteroatoms. The quantitative estimate of drug-likeness (QED) is 0.648. The number of nitrogens with one attached hydrogen (secondary N) is 1. The summed E-state index contributed by atoms with van der Waals surface area (Å²) in [6, 6.07) is 5.71. The molecule has 25 heavy (non-hydrogen) atoms. The molecule has 6 nitrogen and oxygen atoms in total. The van der Waals surface area contributed by atoms with Crippen molar-refractivity contribution >= 4 is 11.8 Å². The maximum absolute atomic E-state index is 6.12. The minimum absolute atomic E-state index is 0.0931. The highest BCUT2D eigenvalue weighted by atomic mass is 16.5. The molecule has 0 bridgehead atoms. The molecule has 1 aromatic heterocycles. The lowest BCUT2D eigenvalue weighted by atomic mass is 9.79. The monoisotopic (exact) mass is 345 g/mol. The van der Waals surface area contributed by atoms with Crippen LogP contribution in [0.15, 0.2) is 29.4 Å². The van der Waals surface area contributed by atoms with E-state index in [1.165, 1.54) is 32.1 Å². The minimum Gasteiger partial charge on any atom is -0.373 e. The van der Waals surface area contributed by atoms with Gasteiger partial charge in [-0.05, 0) is 38.8 Å². The fourth-order valence-electron chi connectivity index (χ4n) is 4.05. The smallest absolute Gasteiger partial charge is 0.194 e. The van der Waals surface area contributed by atoms with Crippen LogP contribution in [0.2, 0.25) is 0 Å². The molecule has 0 radical (unpaired) electrons. The molecule has 2 heterocycles. The molecule has 2 fully saturated rings. The molecule has 1 saturated carbocycles. The van der Waals surface area contributed by atoms with E-state index < -0.39 is 0 Å². The summed E-state index contributed by atoms with van der Waals surface area (Å²) in [6.07, 6.45) is 7.96. The Balaban J connectivity index is 1.71. The van der Waals surface area contributed by atoms with Crippen molar-refractivity contribution in [2.45, 2.75) is 57.1 Å². The summed E-state index contributed by atoms with van der Waals surface area (Å²) in [4.78, 5) is 11.5. The van der Waals surface area contributed by atoms with Crippen LogP contribution in [-0.2, 0) is 4.74 Å². The van der Waals surface area contributed by atoms with Crippen molar-refractivity contribution < 1.29 is 4.74 Å². The fourth-order valence-corrected chi connectivity index (χ4v) is 4.05. The standard InChI is InChI=1S/C19H31N5O/c1-18(2)15-24(12-13-25-18)19(9-5-3-6-10-19)14-22-17(20)23-16-8-4-7-11-21-16/h4,7-8,11H,3,5-6,9-10,12-15H2,1-2H3,(H3,20,21,22,23). The fraction of sp³-hybridized carbons (Fsp3) is 0.684. The molecule has 3 rings (SSSR count). The molecule has 1 aliphatic heterocycles. The van der Waals surface area contributed by atoms with Gasteiger partial charge < -0.3 is 15.8 Å². The topological polar surface area (TPSA) is 75.8 Å². The summed E-state index contributed by atoms with van der Waals surface area (Å²) in [6.45, 7) is 7.81. The van der Waals surface area contributed by atoms with Crippen molar-refractivity contribution in [3.63, 3.8) is 0 Å². The molecule has 0 spiro atoms. The summed E-state index contributed by atoms with van der Waals surface area (Å²) in [5.74, 6) is 1.17. The van der Waals surface area contributed by atoms with E-state index in [0.29, 0.717) is 5.96 Å². The van der Waals surface area contributed by atoms with Crippen LogP contribution in [0.3, 0.4) is 0 Å². The highest BCUT2D eigenvalue weighted by molar-refractivity contribution is 5.91. The van der Waals surface area contributed by atoms with Crippen LogP contribution < -0.4 is 11.1 Å². The van der Waals surface area contributed by atoms with Crippen LogP contribution >= 0.6 is 0 Å². The largest absolute Gasteiger partial charge is 0.373 e. The maximum atomic E-state index is 6.12. The zero-order chi connectivity index (χ0) is 17.8. The van der Waals surface area contributed by atoms with Gasteiger partial charge in [-0.25, -0.2) is 4.98 Å². The lowest BCUT2D eigenvalue weighted by molar-refractivity contribution is -0.121. The third kappa shape index (κ3) is 4.70. The van der Waals surface area contributed by atoms with Gasteiger partial charge in [0.15, 0.2) is 5.96 Å². The van der Waals surface area contributed by atoms with Gasteiger partial charge in [0.2, 0.25) is 0 Å². The van der Waals surface area contributed by atoms with E-state index in [2.05, 4.69) is 29.0 Å². The Morgan fingerprint density at radius 1 is 1.32 bits per heavy atom. The summed E-state index contributed by atoms with van der Waals surface area (Å²) in [5, 5.41) is 3.09. The van der Waals surface area contributed by atoms with E-state index in [-0.39, 0.29) is 11.1 Å². The molecule has 2 aliphatic rings. The van der Waals surface area contributed by atoms with Gasteiger partial charge in [-0.2, -0.15) is 0 Å². The second-order valence-electron chi connectivity index (χ2n) is 7.86. The number of aliphatic imine (C=N–C) groups is 1. The number of hydrogen-bond acceptors (Lipinski definition) is 4. The summed E-state index contributed by atoms with van der Waals surface area (Å²) in [5.41, 5.74) is 6.13. The van der Waals surface area contributed by atoms with E-state index in [0.717, 1.165) is 32.1 Å². The van der Waals surface area contributed by atoms with E-state index >= 15 is 0 Å². The second-order valence-corrected chi connectivity index (χ2v) is 7.86. The number of nitrogens with zero attached hydrogens (tertiary/aromatic N) is 3. The number of guanidine groups is 1. The molecule has 3 N–H and O–H groups in total. The Morgan fingerprint density at radius 3 is 2.80 bits per heavy atom. The maximum Gasteiger partial charge on any atom is 0.194 e. The Bertz CT molecular complexity index is 581. The van der Waals surface area contributed by atoms with Crippen LogP contribution in [-0.4, -0.2) is 53.2 Å². The van der Waals surface area contributed by atoms with Gasteiger partial charge in [0.25, 0.3) is 0 Å².